The van der Waals surface area contributed by atoms with Gasteiger partial charge in [0.25, 0.3) is 0 Å². The number of esters is 1. The fourth-order valence-electron chi connectivity index (χ4n) is 1.77. The van der Waals surface area contributed by atoms with Gasteiger partial charge in [0.15, 0.2) is 0 Å². The molecule has 1 atom stereocenters. The van der Waals surface area contributed by atoms with E-state index in [1.807, 2.05) is 0 Å². The maximum absolute atomic E-state index is 13.1. The summed E-state index contributed by atoms with van der Waals surface area (Å²) in [6.45, 7) is 3.55. The van der Waals surface area contributed by atoms with E-state index in [1.165, 1.54) is 13.2 Å². The van der Waals surface area contributed by atoms with Crippen LogP contribution in [0.5, 0.6) is 0 Å². The molecule has 0 saturated carbocycles. The van der Waals surface area contributed by atoms with E-state index in [-0.39, 0.29) is 17.8 Å². The minimum Gasteiger partial charge on any atom is -0.469 e. The molecule has 0 aromatic heterocycles. The van der Waals surface area contributed by atoms with E-state index in [2.05, 4.69) is 15.9 Å². The number of hydrogen-bond acceptors (Lipinski definition) is 3. The molecule has 1 aromatic carbocycles. The zero-order valence-electron chi connectivity index (χ0n) is 10.7. The fourth-order valence-corrected chi connectivity index (χ4v) is 2.17. The van der Waals surface area contributed by atoms with Crippen LogP contribution in [0.15, 0.2) is 22.7 Å². The van der Waals surface area contributed by atoms with Crippen LogP contribution in [0.2, 0.25) is 0 Å². The minimum absolute atomic E-state index is 0.306. The molecule has 0 fully saturated rings. The van der Waals surface area contributed by atoms with Gasteiger partial charge in [0.05, 0.1) is 17.0 Å². The second kappa shape index (κ2) is 5.80. The van der Waals surface area contributed by atoms with Crippen LogP contribution in [-0.4, -0.2) is 13.1 Å². The van der Waals surface area contributed by atoms with Gasteiger partial charge in [-0.25, -0.2) is 4.39 Å². The van der Waals surface area contributed by atoms with Gasteiger partial charge in [0, 0.05) is 6.04 Å². The van der Waals surface area contributed by atoms with Crippen molar-refractivity contribution in [2.24, 2.45) is 11.1 Å². The van der Waals surface area contributed by atoms with Crippen LogP contribution in [0.1, 0.15) is 31.9 Å². The molecule has 1 unspecified atom stereocenters. The van der Waals surface area contributed by atoms with Crippen molar-refractivity contribution in [1.82, 2.24) is 0 Å². The zero-order valence-corrected chi connectivity index (χ0v) is 12.3. The summed E-state index contributed by atoms with van der Waals surface area (Å²) in [7, 11) is 1.35. The first-order chi connectivity index (χ1) is 8.27. The van der Waals surface area contributed by atoms with Gasteiger partial charge in [-0.15, -0.1) is 0 Å². The van der Waals surface area contributed by atoms with Crippen molar-refractivity contribution in [3.63, 3.8) is 0 Å². The van der Waals surface area contributed by atoms with E-state index in [1.54, 1.807) is 26.0 Å². The van der Waals surface area contributed by atoms with Gasteiger partial charge < -0.3 is 10.5 Å². The Morgan fingerprint density at radius 1 is 1.56 bits per heavy atom. The summed E-state index contributed by atoms with van der Waals surface area (Å²) in [5.41, 5.74) is 6.15. The molecule has 2 N–H and O–H groups in total. The molecule has 0 aliphatic rings. The van der Waals surface area contributed by atoms with Crippen LogP contribution in [-0.2, 0) is 9.53 Å². The van der Waals surface area contributed by atoms with Gasteiger partial charge in [-0.05, 0) is 53.9 Å². The summed E-state index contributed by atoms with van der Waals surface area (Å²) < 4.78 is 18.2. The molecule has 0 aliphatic heterocycles. The minimum atomic E-state index is -0.672. The van der Waals surface area contributed by atoms with Gasteiger partial charge in [-0.3, -0.25) is 4.79 Å². The molecule has 0 saturated heterocycles. The predicted octanol–water partition coefficient (Wildman–Crippen LogP) is 3.18. The Kier molecular flexibility index (Phi) is 4.87. The first kappa shape index (κ1) is 15.1. The molecular weight excluding hydrogens is 301 g/mol. The van der Waals surface area contributed by atoms with E-state index in [9.17, 15) is 9.18 Å². The molecule has 0 aliphatic carbocycles. The van der Waals surface area contributed by atoms with Crippen molar-refractivity contribution in [3.05, 3.63) is 34.1 Å². The molecule has 0 spiro atoms. The first-order valence-electron chi connectivity index (χ1n) is 5.57. The Morgan fingerprint density at radius 3 is 2.67 bits per heavy atom. The highest BCUT2D eigenvalue weighted by atomic mass is 79.9. The molecule has 5 heteroatoms. The van der Waals surface area contributed by atoms with E-state index in [0.29, 0.717) is 10.9 Å². The van der Waals surface area contributed by atoms with Crippen LogP contribution in [0, 0.1) is 11.2 Å². The van der Waals surface area contributed by atoms with Crippen molar-refractivity contribution in [2.45, 2.75) is 26.3 Å². The standard InChI is InChI=1S/C13H17BrFNO2/c1-13(2,12(17)18-3)7-11(16)8-4-5-10(15)9(14)6-8/h4-6,11H,7,16H2,1-3H3. The molecule has 0 heterocycles. The second-order valence-electron chi connectivity index (χ2n) is 4.86. The Hall–Kier alpha value is -0.940. The number of carbonyl (C=O) groups excluding carboxylic acids is 1. The molecular formula is C13H17BrFNO2. The summed E-state index contributed by atoms with van der Waals surface area (Å²) in [5, 5.41) is 0. The number of carbonyl (C=O) groups is 1. The van der Waals surface area contributed by atoms with E-state index in [4.69, 9.17) is 10.5 Å². The average Bonchev–Trinajstić information content (AvgIpc) is 2.30. The highest BCUT2D eigenvalue weighted by Gasteiger charge is 2.31. The van der Waals surface area contributed by atoms with Gasteiger partial charge >= 0.3 is 5.97 Å². The molecule has 1 aromatic rings. The summed E-state index contributed by atoms with van der Waals surface area (Å²) in [4.78, 5) is 11.6. The Labute approximate surface area is 115 Å². The van der Waals surface area contributed by atoms with E-state index >= 15 is 0 Å². The van der Waals surface area contributed by atoms with Crippen molar-refractivity contribution >= 4 is 21.9 Å². The maximum atomic E-state index is 13.1. The molecule has 0 radical (unpaired) electrons. The monoisotopic (exact) mass is 317 g/mol. The third-order valence-corrected chi connectivity index (χ3v) is 3.45. The molecule has 100 valence electrons. The molecule has 18 heavy (non-hydrogen) atoms. The Balaban J connectivity index is 2.85. The van der Waals surface area contributed by atoms with Gasteiger partial charge in [-0.2, -0.15) is 0 Å². The quantitative estimate of drug-likeness (QED) is 0.868. The number of benzene rings is 1. The van der Waals surface area contributed by atoms with Gasteiger partial charge in [0.1, 0.15) is 5.82 Å². The molecule has 0 bridgehead atoms. The van der Waals surface area contributed by atoms with Crippen molar-refractivity contribution in [1.29, 1.82) is 0 Å². The number of methoxy groups -OCH3 is 1. The average molecular weight is 318 g/mol. The lowest BCUT2D eigenvalue weighted by atomic mass is 9.84. The molecule has 3 nitrogen and oxygen atoms in total. The van der Waals surface area contributed by atoms with Crippen LogP contribution in [0.25, 0.3) is 0 Å². The topological polar surface area (TPSA) is 52.3 Å². The van der Waals surface area contributed by atoms with Crippen LogP contribution in [0.3, 0.4) is 0 Å². The lowest BCUT2D eigenvalue weighted by molar-refractivity contribution is -0.151. The summed E-state index contributed by atoms with van der Waals surface area (Å²) in [6.07, 6.45) is 0.428. The van der Waals surface area contributed by atoms with Crippen LogP contribution >= 0.6 is 15.9 Å². The predicted molar refractivity (Wildman–Crippen MR) is 71.4 cm³/mol. The third-order valence-electron chi connectivity index (χ3n) is 2.84. The van der Waals surface area contributed by atoms with Crippen LogP contribution in [0.4, 0.5) is 4.39 Å². The first-order valence-corrected chi connectivity index (χ1v) is 6.36. The van der Waals surface area contributed by atoms with Crippen molar-refractivity contribution < 1.29 is 13.9 Å². The Bertz CT molecular complexity index is 449. The van der Waals surface area contributed by atoms with Crippen molar-refractivity contribution in [3.8, 4) is 0 Å². The maximum Gasteiger partial charge on any atom is 0.311 e. The highest BCUT2D eigenvalue weighted by Crippen LogP contribution is 2.31. The fraction of sp³-hybridized carbons (Fsp3) is 0.462. The number of ether oxygens (including phenoxy) is 1. The molecule has 0 amide bonds. The number of nitrogens with two attached hydrogens (primary N) is 1. The number of rotatable bonds is 4. The number of halogens is 2. The smallest absolute Gasteiger partial charge is 0.311 e. The summed E-state index contributed by atoms with van der Waals surface area (Å²) in [6, 6.07) is 4.26. The number of hydrogen-bond donors (Lipinski definition) is 1. The lowest BCUT2D eigenvalue weighted by Crippen LogP contribution is -2.30. The van der Waals surface area contributed by atoms with Crippen LogP contribution < -0.4 is 5.73 Å². The van der Waals surface area contributed by atoms with E-state index < -0.39 is 5.41 Å². The summed E-state index contributed by atoms with van der Waals surface area (Å²) >= 11 is 3.11. The normalized spacial score (nSPS) is 13.2. The summed E-state index contributed by atoms with van der Waals surface area (Å²) in [5.74, 6) is -0.641. The second-order valence-corrected chi connectivity index (χ2v) is 5.71. The SMILES string of the molecule is COC(=O)C(C)(C)CC(N)c1ccc(F)c(Br)c1. The largest absolute Gasteiger partial charge is 0.469 e. The zero-order chi connectivity index (χ0) is 13.9. The lowest BCUT2D eigenvalue weighted by Gasteiger charge is -2.25. The van der Waals surface area contributed by atoms with Crippen molar-refractivity contribution in [2.75, 3.05) is 7.11 Å². The molecule has 1 rings (SSSR count). The highest BCUT2D eigenvalue weighted by molar-refractivity contribution is 9.10. The van der Waals surface area contributed by atoms with E-state index in [0.717, 1.165) is 5.56 Å². The van der Waals surface area contributed by atoms with Gasteiger partial charge in [-0.1, -0.05) is 6.07 Å². The van der Waals surface area contributed by atoms with Gasteiger partial charge in [0.2, 0.25) is 0 Å². The Morgan fingerprint density at radius 2 is 2.17 bits per heavy atom. The third kappa shape index (κ3) is 3.53.